The number of ether oxygens (including phenoxy) is 1. The van der Waals surface area contributed by atoms with Crippen molar-refractivity contribution in [2.24, 2.45) is 0 Å². The Kier molecular flexibility index (Phi) is 4.07. The van der Waals surface area contributed by atoms with Gasteiger partial charge >= 0.3 is 0 Å². The van der Waals surface area contributed by atoms with E-state index >= 15 is 0 Å². The maximum absolute atomic E-state index is 13.0. The summed E-state index contributed by atoms with van der Waals surface area (Å²) in [6.07, 6.45) is 0. The largest absolute Gasteiger partial charge is 0.489 e. The minimum absolute atomic E-state index is 0.162. The van der Waals surface area contributed by atoms with Crippen molar-refractivity contribution in [3.8, 4) is 5.75 Å². The van der Waals surface area contributed by atoms with E-state index in [1.54, 1.807) is 0 Å². The molecule has 2 aromatic rings. The van der Waals surface area contributed by atoms with Crippen molar-refractivity contribution in [1.82, 2.24) is 0 Å². The molecule has 0 radical (unpaired) electrons. The average Bonchev–Trinajstić information content (AvgIpc) is 2.44. The molecule has 0 saturated carbocycles. The molecule has 0 amide bonds. The maximum atomic E-state index is 13.0. The molecule has 0 bridgehead atoms. The fraction of sp³-hybridized carbons (Fsp3) is 0.0769. The Labute approximate surface area is 117 Å². The minimum atomic E-state index is -0.725. The fourth-order valence-electron chi connectivity index (χ4n) is 1.68. The number of benzene rings is 2. The number of nitrogens with zero attached hydrogens (tertiary/aromatic N) is 2. The number of rotatable bonds is 5. The number of nitro groups is 2. The van der Waals surface area contributed by atoms with Crippen molar-refractivity contribution in [3.63, 3.8) is 0 Å². The Morgan fingerprint density at radius 1 is 1.05 bits per heavy atom. The summed E-state index contributed by atoms with van der Waals surface area (Å²) in [7, 11) is 0. The third-order valence-electron chi connectivity index (χ3n) is 2.67. The van der Waals surface area contributed by atoms with Crippen LogP contribution in [0.2, 0.25) is 0 Å². The van der Waals surface area contributed by atoms with Crippen molar-refractivity contribution in [2.75, 3.05) is 0 Å². The average molecular weight is 292 g/mol. The molecule has 0 aliphatic heterocycles. The predicted molar refractivity (Wildman–Crippen MR) is 70.5 cm³/mol. The van der Waals surface area contributed by atoms with Crippen LogP contribution in [-0.2, 0) is 6.61 Å². The van der Waals surface area contributed by atoms with Crippen molar-refractivity contribution >= 4 is 11.4 Å². The summed E-state index contributed by atoms with van der Waals surface area (Å²) in [4.78, 5) is 20.1. The van der Waals surface area contributed by atoms with Crippen LogP contribution >= 0.6 is 0 Å². The Morgan fingerprint density at radius 3 is 2.43 bits per heavy atom. The molecule has 8 heteroatoms. The van der Waals surface area contributed by atoms with E-state index in [4.69, 9.17) is 4.74 Å². The zero-order chi connectivity index (χ0) is 15.4. The highest BCUT2D eigenvalue weighted by Gasteiger charge is 2.19. The molecular weight excluding hydrogens is 283 g/mol. The molecule has 0 spiro atoms. The van der Waals surface area contributed by atoms with Crippen molar-refractivity contribution in [1.29, 1.82) is 0 Å². The molecule has 0 aromatic heterocycles. The highest BCUT2D eigenvalue weighted by atomic mass is 19.1. The van der Waals surface area contributed by atoms with Gasteiger partial charge in [0.25, 0.3) is 11.4 Å². The second kappa shape index (κ2) is 5.95. The first-order chi connectivity index (χ1) is 9.97. The highest BCUT2D eigenvalue weighted by molar-refractivity contribution is 5.49. The van der Waals surface area contributed by atoms with Crippen LogP contribution < -0.4 is 4.74 Å². The molecule has 0 fully saturated rings. The van der Waals surface area contributed by atoms with E-state index in [0.29, 0.717) is 0 Å². The number of non-ortho nitro benzene ring substituents is 1. The molecule has 0 N–H and O–H groups in total. The van der Waals surface area contributed by atoms with Gasteiger partial charge in [-0.15, -0.1) is 0 Å². The van der Waals surface area contributed by atoms with Gasteiger partial charge in [0.1, 0.15) is 18.2 Å². The quantitative estimate of drug-likeness (QED) is 0.622. The molecule has 108 valence electrons. The normalized spacial score (nSPS) is 10.1. The van der Waals surface area contributed by atoms with E-state index in [1.165, 1.54) is 24.3 Å². The first-order valence-electron chi connectivity index (χ1n) is 5.77. The first-order valence-corrected chi connectivity index (χ1v) is 5.77. The fourth-order valence-corrected chi connectivity index (χ4v) is 1.68. The summed E-state index contributed by atoms with van der Waals surface area (Å²) in [5.41, 5.74) is -0.633. The Balaban J connectivity index is 2.23. The lowest BCUT2D eigenvalue weighted by Crippen LogP contribution is -2.02. The third-order valence-corrected chi connectivity index (χ3v) is 2.67. The molecule has 0 aliphatic carbocycles. The van der Waals surface area contributed by atoms with Crippen LogP contribution in [0.1, 0.15) is 5.56 Å². The number of halogens is 1. The maximum Gasteiger partial charge on any atom is 0.282 e. The van der Waals surface area contributed by atoms with Crippen molar-refractivity contribution in [3.05, 3.63) is 74.1 Å². The molecule has 2 rings (SSSR count). The Morgan fingerprint density at radius 2 is 1.81 bits per heavy atom. The van der Waals surface area contributed by atoms with E-state index in [0.717, 1.165) is 18.2 Å². The van der Waals surface area contributed by atoms with Crippen LogP contribution in [0, 0.1) is 26.0 Å². The van der Waals surface area contributed by atoms with Gasteiger partial charge in [0.2, 0.25) is 0 Å². The summed E-state index contributed by atoms with van der Waals surface area (Å²) in [5.74, 6) is -0.284. The molecule has 0 saturated heterocycles. The summed E-state index contributed by atoms with van der Waals surface area (Å²) < 4.78 is 18.2. The van der Waals surface area contributed by atoms with Crippen molar-refractivity contribution in [2.45, 2.75) is 6.61 Å². The number of hydrogen-bond acceptors (Lipinski definition) is 5. The van der Waals surface area contributed by atoms with Gasteiger partial charge in [-0.1, -0.05) is 6.07 Å². The van der Waals surface area contributed by atoms with Crippen LogP contribution in [0.4, 0.5) is 15.8 Å². The predicted octanol–water partition coefficient (Wildman–Crippen LogP) is 3.22. The monoisotopic (exact) mass is 292 g/mol. The zero-order valence-electron chi connectivity index (χ0n) is 10.6. The molecular formula is C13H9FN2O5. The van der Waals surface area contributed by atoms with Gasteiger partial charge in [-0.05, 0) is 18.2 Å². The van der Waals surface area contributed by atoms with Crippen LogP contribution in [0.25, 0.3) is 0 Å². The molecule has 7 nitrogen and oxygen atoms in total. The van der Waals surface area contributed by atoms with E-state index in [9.17, 15) is 24.6 Å². The van der Waals surface area contributed by atoms with Gasteiger partial charge in [-0.3, -0.25) is 20.2 Å². The van der Waals surface area contributed by atoms with Crippen LogP contribution in [0.3, 0.4) is 0 Å². The lowest BCUT2D eigenvalue weighted by atomic mass is 10.1. The summed E-state index contributed by atoms with van der Waals surface area (Å²) in [6.45, 7) is -0.197. The van der Waals surface area contributed by atoms with Gasteiger partial charge in [-0.2, -0.15) is 0 Å². The van der Waals surface area contributed by atoms with Gasteiger partial charge in [0, 0.05) is 12.1 Å². The SMILES string of the molecule is O=[N+]([O-])c1ccc(COc2cccc(F)c2)c([N+](=O)[O-])c1. The zero-order valence-corrected chi connectivity index (χ0v) is 10.6. The molecule has 0 unspecified atom stereocenters. The standard InChI is InChI=1S/C13H9FN2O5/c14-10-2-1-3-12(6-10)21-8-9-4-5-11(15(17)18)7-13(9)16(19)20/h1-7H,8H2. The van der Waals surface area contributed by atoms with Crippen molar-refractivity contribution < 1.29 is 19.0 Å². The molecule has 0 aliphatic rings. The Hall–Kier alpha value is -3.03. The molecule has 2 aromatic carbocycles. The topological polar surface area (TPSA) is 95.5 Å². The molecule has 0 atom stereocenters. The van der Waals surface area contributed by atoms with Gasteiger partial charge in [-0.25, -0.2) is 4.39 Å². The van der Waals surface area contributed by atoms with Gasteiger partial charge in [0.15, 0.2) is 0 Å². The smallest absolute Gasteiger partial charge is 0.282 e. The minimum Gasteiger partial charge on any atom is -0.489 e. The molecule has 21 heavy (non-hydrogen) atoms. The van der Waals surface area contributed by atoms with Gasteiger partial charge < -0.3 is 4.74 Å². The molecule has 0 heterocycles. The number of hydrogen-bond donors (Lipinski definition) is 0. The lowest BCUT2D eigenvalue weighted by molar-refractivity contribution is -0.394. The van der Waals surface area contributed by atoms with Gasteiger partial charge in [0.05, 0.1) is 21.5 Å². The van der Waals surface area contributed by atoms with E-state index in [1.807, 2.05) is 0 Å². The second-order valence-corrected chi connectivity index (χ2v) is 4.07. The summed E-state index contributed by atoms with van der Waals surface area (Å²) in [5, 5.41) is 21.5. The highest BCUT2D eigenvalue weighted by Crippen LogP contribution is 2.26. The Bertz CT molecular complexity index is 705. The second-order valence-electron chi connectivity index (χ2n) is 4.07. The van der Waals surface area contributed by atoms with Crippen LogP contribution in [-0.4, -0.2) is 9.85 Å². The third kappa shape index (κ3) is 3.50. The first kappa shape index (κ1) is 14.4. The summed E-state index contributed by atoms with van der Waals surface area (Å²) in [6, 6.07) is 8.57. The summed E-state index contributed by atoms with van der Waals surface area (Å²) >= 11 is 0. The number of nitro benzene ring substituents is 2. The van der Waals surface area contributed by atoms with Crippen LogP contribution in [0.5, 0.6) is 5.75 Å². The van der Waals surface area contributed by atoms with Crippen LogP contribution in [0.15, 0.2) is 42.5 Å². The van der Waals surface area contributed by atoms with E-state index in [-0.39, 0.29) is 23.6 Å². The lowest BCUT2D eigenvalue weighted by Gasteiger charge is -2.06. The van der Waals surface area contributed by atoms with E-state index in [2.05, 4.69) is 0 Å². The van der Waals surface area contributed by atoms with E-state index < -0.39 is 21.4 Å².